The van der Waals surface area contributed by atoms with Gasteiger partial charge in [0.05, 0.1) is 12.1 Å². The Labute approximate surface area is 86.7 Å². The number of fused-ring (bicyclic) bond motifs is 2. The fraction of sp³-hybridized carbons (Fsp3) is 0.800. The van der Waals surface area contributed by atoms with Crippen LogP contribution in [0.5, 0.6) is 0 Å². The number of nitriles is 2. The summed E-state index contributed by atoms with van der Waals surface area (Å²) < 4.78 is 0. The van der Waals surface area contributed by atoms with Crippen molar-refractivity contribution in [2.24, 2.45) is 23.7 Å². The molecule has 0 aromatic carbocycles. The predicted molar refractivity (Wildman–Crippen MR) is 51.8 cm³/mol. The molecule has 0 amide bonds. The van der Waals surface area contributed by atoms with Gasteiger partial charge < -0.3 is 0 Å². The lowest BCUT2D eigenvalue weighted by Gasteiger charge is -2.27. The zero-order valence-electron chi connectivity index (χ0n) is 7.28. The molecule has 0 radical (unpaired) electrons. The van der Waals surface area contributed by atoms with Crippen LogP contribution >= 0.6 is 15.9 Å². The van der Waals surface area contributed by atoms with Crippen molar-refractivity contribution in [2.45, 2.75) is 24.1 Å². The molecule has 4 unspecified atom stereocenters. The average Bonchev–Trinajstić information content (AvgIpc) is 2.70. The summed E-state index contributed by atoms with van der Waals surface area (Å²) in [7, 11) is 0. The van der Waals surface area contributed by atoms with Crippen molar-refractivity contribution in [3.05, 3.63) is 0 Å². The first-order valence-electron chi connectivity index (χ1n) is 4.71. The summed E-state index contributed by atoms with van der Waals surface area (Å²) in [5.41, 5.74) is 0. The number of hydrogen-bond donors (Lipinski definition) is 0. The Balaban J connectivity index is 2.17. The van der Waals surface area contributed by atoms with Gasteiger partial charge in [-0.25, -0.2) is 0 Å². The van der Waals surface area contributed by atoms with E-state index in [0.717, 1.165) is 5.92 Å². The second kappa shape index (κ2) is 3.31. The van der Waals surface area contributed by atoms with Crippen LogP contribution in [-0.4, -0.2) is 4.83 Å². The predicted octanol–water partition coefficient (Wildman–Crippen LogP) is 2.46. The first-order chi connectivity index (χ1) is 6.27. The molecule has 2 aliphatic carbocycles. The molecule has 13 heavy (non-hydrogen) atoms. The molecule has 0 aliphatic heterocycles. The zero-order chi connectivity index (χ0) is 9.42. The Bertz CT molecular complexity index is 272. The smallest absolute Gasteiger partial charge is 0.137 e. The van der Waals surface area contributed by atoms with Gasteiger partial charge in [0.2, 0.25) is 0 Å². The molecule has 4 atom stereocenters. The molecule has 0 aromatic heterocycles. The molecule has 2 fully saturated rings. The number of halogens is 1. The summed E-state index contributed by atoms with van der Waals surface area (Å²) in [5.74, 6) is 1.23. The van der Waals surface area contributed by atoms with Gasteiger partial charge in [-0.3, -0.25) is 0 Å². The highest BCUT2D eigenvalue weighted by Gasteiger charge is 2.49. The Kier molecular flexibility index (Phi) is 2.30. The molecule has 2 bridgehead atoms. The van der Waals surface area contributed by atoms with Crippen LogP contribution in [0.25, 0.3) is 0 Å². The van der Waals surface area contributed by atoms with Crippen LogP contribution in [0.4, 0.5) is 0 Å². The van der Waals surface area contributed by atoms with Crippen LogP contribution in [0.3, 0.4) is 0 Å². The molecule has 68 valence electrons. The first kappa shape index (κ1) is 9.03. The van der Waals surface area contributed by atoms with Gasteiger partial charge in [-0.1, -0.05) is 15.9 Å². The summed E-state index contributed by atoms with van der Waals surface area (Å²) in [6.45, 7) is 0. The molecule has 2 nitrogen and oxygen atoms in total. The molecule has 3 heteroatoms. The molecule has 2 aliphatic rings. The second-order valence-corrected chi connectivity index (χ2v) is 5.15. The van der Waals surface area contributed by atoms with Crippen LogP contribution in [0.2, 0.25) is 0 Å². The minimum Gasteiger partial charge on any atom is -0.197 e. The molecule has 0 heterocycles. The summed E-state index contributed by atoms with van der Waals surface area (Å²) in [4.78, 5) is 0.413. The van der Waals surface area contributed by atoms with E-state index in [1.54, 1.807) is 0 Å². The summed E-state index contributed by atoms with van der Waals surface area (Å²) in [5, 5.41) is 17.7. The van der Waals surface area contributed by atoms with Crippen molar-refractivity contribution in [1.82, 2.24) is 0 Å². The van der Waals surface area contributed by atoms with E-state index in [4.69, 9.17) is 10.5 Å². The SMILES string of the molecule is N#CC(C#N)C1C2CCC(C2)C1Br. The van der Waals surface area contributed by atoms with Crippen LogP contribution < -0.4 is 0 Å². The van der Waals surface area contributed by atoms with Gasteiger partial charge in [0.25, 0.3) is 0 Å². The lowest BCUT2D eigenvalue weighted by molar-refractivity contribution is 0.315. The minimum atomic E-state index is -0.403. The molecule has 0 saturated heterocycles. The maximum atomic E-state index is 8.84. The summed E-state index contributed by atoms with van der Waals surface area (Å²) in [6.07, 6.45) is 3.72. The molecular formula is C10H11BrN2. The van der Waals surface area contributed by atoms with Gasteiger partial charge in [0, 0.05) is 10.7 Å². The highest BCUT2D eigenvalue weighted by Crippen LogP contribution is 2.53. The van der Waals surface area contributed by atoms with E-state index in [1.807, 2.05) is 0 Å². The van der Waals surface area contributed by atoms with Crippen molar-refractivity contribution in [2.75, 3.05) is 0 Å². The maximum Gasteiger partial charge on any atom is 0.137 e. The van der Waals surface area contributed by atoms with Gasteiger partial charge >= 0.3 is 0 Å². The van der Waals surface area contributed by atoms with Crippen molar-refractivity contribution in [3.8, 4) is 12.1 Å². The number of hydrogen-bond acceptors (Lipinski definition) is 2. The van der Waals surface area contributed by atoms with E-state index < -0.39 is 5.92 Å². The Morgan fingerprint density at radius 2 is 1.77 bits per heavy atom. The normalized spacial score (nSPS) is 41.8. The fourth-order valence-electron chi connectivity index (χ4n) is 2.92. The quantitative estimate of drug-likeness (QED) is 0.660. The van der Waals surface area contributed by atoms with Gasteiger partial charge in [-0.15, -0.1) is 0 Å². The third kappa shape index (κ3) is 1.27. The monoisotopic (exact) mass is 238 g/mol. The molecule has 0 spiro atoms. The Hall–Kier alpha value is -0.540. The third-order valence-electron chi connectivity index (χ3n) is 3.54. The fourth-order valence-corrected chi connectivity index (χ4v) is 4.14. The highest BCUT2D eigenvalue weighted by atomic mass is 79.9. The Morgan fingerprint density at radius 1 is 1.15 bits per heavy atom. The molecule has 2 saturated carbocycles. The van der Waals surface area contributed by atoms with Crippen LogP contribution in [0.1, 0.15) is 19.3 Å². The minimum absolute atomic E-state index is 0.286. The molecular weight excluding hydrogens is 228 g/mol. The van der Waals surface area contributed by atoms with Gasteiger partial charge in [0.15, 0.2) is 0 Å². The van der Waals surface area contributed by atoms with Gasteiger partial charge in [-0.2, -0.15) is 10.5 Å². The van der Waals surface area contributed by atoms with E-state index in [0.29, 0.717) is 10.7 Å². The average molecular weight is 239 g/mol. The van der Waals surface area contributed by atoms with Crippen LogP contribution in [0.15, 0.2) is 0 Å². The van der Waals surface area contributed by atoms with Crippen LogP contribution in [-0.2, 0) is 0 Å². The second-order valence-electron chi connectivity index (χ2n) is 4.09. The van der Waals surface area contributed by atoms with Crippen molar-refractivity contribution in [1.29, 1.82) is 10.5 Å². The van der Waals surface area contributed by atoms with Gasteiger partial charge in [-0.05, 0) is 31.1 Å². The lowest BCUT2D eigenvalue weighted by atomic mass is 9.80. The zero-order valence-corrected chi connectivity index (χ0v) is 8.87. The molecule has 0 N–H and O–H groups in total. The Morgan fingerprint density at radius 3 is 2.23 bits per heavy atom. The summed E-state index contributed by atoms with van der Waals surface area (Å²) >= 11 is 3.64. The molecule has 0 aromatic rings. The van der Waals surface area contributed by atoms with E-state index in [2.05, 4.69) is 28.1 Å². The van der Waals surface area contributed by atoms with E-state index in [1.165, 1.54) is 19.3 Å². The van der Waals surface area contributed by atoms with Crippen molar-refractivity contribution >= 4 is 15.9 Å². The number of rotatable bonds is 1. The van der Waals surface area contributed by atoms with Crippen molar-refractivity contribution < 1.29 is 0 Å². The van der Waals surface area contributed by atoms with E-state index in [-0.39, 0.29) is 5.92 Å². The summed E-state index contributed by atoms with van der Waals surface area (Å²) in [6, 6.07) is 4.24. The van der Waals surface area contributed by atoms with E-state index >= 15 is 0 Å². The van der Waals surface area contributed by atoms with E-state index in [9.17, 15) is 0 Å². The number of alkyl halides is 1. The number of nitrogens with zero attached hydrogens (tertiary/aromatic N) is 2. The topological polar surface area (TPSA) is 47.6 Å². The van der Waals surface area contributed by atoms with Crippen molar-refractivity contribution in [3.63, 3.8) is 0 Å². The van der Waals surface area contributed by atoms with Gasteiger partial charge in [0.1, 0.15) is 5.92 Å². The largest absolute Gasteiger partial charge is 0.197 e. The molecule has 2 rings (SSSR count). The van der Waals surface area contributed by atoms with Crippen LogP contribution in [0, 0.1) is 46.3 Å². The highest BCUT2D eigenvalue weighted by molar-refractivity contribution is 9.09. The lowest BCUT2D eigenvalue weighted by Crippen LogP contribution is -2.28. The first-order valence-corrected chi connectivity index (χ1v) is 5.62. The standard InChI is InChI=1S/C10H11BrN2/c11-10-7-2-1-6(3-7)9(10)8(4-12)5-13/h6-10H,1-3H2. The maximum absolute atomic E-state index is 8.84. The third-order valence-corrected chi connectivity index (χ3v) is 4.90.